The van der Waals surface area contributed by atoms with Gasteiger partial charge >= 0.3 is 0 Å². The summed E-state index contributed by atoms with van der Waals surface area (Å²) in [6, 6.07) is 1.72. The first-order valence-electron chi connectivity index (χ1n) is 6.42. The van der Waals surface area contributed by atoms with Gasteiger partial charge < -0.3 is 10.6 Å². The molecule has 0 aliphatic heterocycles. The molecular formula is C12H24N2. The largest absolute Gasteiger partial charge is 0.314 e. The Balaban J connectivity index is 1.41. The second-order valence-corrected chi connectivity index (χ2v) is 4.87. The molecular weight excluding hydrogens is 172 g/mol. The Labute approximate surface area is 87.8 Å². The minimum Gasteiger partial charge on any atom is -0.314 e. The van der Waals surface area contributed by atoms with E-state index in [-0.39, 0.29) is 0 Å². The van der Waals surface area contributed by atoms with Crippen LogP contribution in [0.5, 0.6) is 0 Å². The maximum atomic E-state index is 3.68. The quantitative estimate of drug-likeness (QED) is 0.635. The van der Waals surface area contributed by atoms with Gasteiger partial charge in [0.15, 0.2) is 0 Å². The molecule has 2 aliphatic rings. The Bertz CT molecular complexity index is 148. The molecule has 2 saturated carbocycles. The third-order valence-electron chi connectivity index (χ3n) is 3.40. The molecule has 0 aromatic carbocycles. The first-order chi connectivity index (χ1) is 6.95. The van der Waals surface area contributed by atoms with Crippen LogP contribution >= 0.6 is 0 Å². The van der Waals surface area contributed by atoms with E-state index in [1.54, 1.807) is 0 Å². The zero-order chi connectivity index (χ0) is 9.64. The summed E-state index contributed by atoms with van der Waals surface area (Å²) in [7, 11) is 0. The molecule has 0 spiro atoms. The smallest absolute Gasteiger partial charge is 0.00682 e. The number of hydrogen-bond donors (Lipinski definition) is 2. The van der Waals surface area contributed by atoms with E-state index in [9.17, 15) is 0 Å². The van der Waals surface area contributed by atoms with E-state index < -0.39 is 0 Å². The molecule has 0 saturated heterocycles. The van der Waals surface area contributed by atoms with Gasteiger partial charge in [-0.1, -0.05) is 19.3 Å². The van der Waals surface area contributed by atoms with Gasteiger partial charge in [-0.2, -0.15) is 0 Å². The predicted molar refractivity (Wildman–Crippen MR) is 60.5 cm³/mol. The fourth-order valence-corrected chi connectivity index (χ4v) is 2.29. The second-order valence-electron chi connectivity index (χ2n) is 4.87. The Morgan fingerprint density at radius 1 is 0.714 bits per heavy atom. The number of rotatable bonds is 6. The average molecular weight is 196 g/mol. The predicted octanol–water partition coefficient (Wildman–Crippen LogP) is 2.05. The topological polar surface area (TPSA) is 24.1 Å². The third kappa shape index (κ3) is 3.97. The van der Waals surface area contributed by atoms with Crippen LogP contribution < -0.4 is 10.6 Å². The molecule has 0 radical (unpaired) electrons. The average Bonchev–Trinajstić information content (AvgIpc) is 3.03. The summed E-state index contributed by atoms with van der Waals surface area (Å²) in [5.41, 5.74) is 0. The summed E-state index contributed by atoms with van der Waals surface area (Å²) in [5.74, 6) is 0. The summed E-state index contributed by atoms with van der Waals surface area (Å²) in [6.45, 7) is 2.43. The van der Waals surface area contributed by atoms with E-state index in [4.69, 9.17) is 0 Å². The highest BCUT2D eigenvalue weighted by Crippen LogP contribution is 2.18. The van der Waals surface area contributed by atoms with Crippen LogP contribution in [0.1, 0.15) is 51.4 Å². The number of hydrogen-bond acceptors (Lipinski definition) is 2. The van der Waals surface area contributed by atoms with Gasteiger partial charge in [0.05, 0.1) is 0 Å². The van der Waals surface area contributed by atoms with Crippen LogP contribution in [0.3, 0.4) is 0 Å². The normalized spacial score (nSPS) is 24.0. The van der Waals surface area contributed by atoms with Gasteiger partial charge in [0, 0.05) is 12.1 Å². The summed E-state index contributed by atoms with van der Waals surface area (Å²) < 4.78 is 0. The van der Waals surface area contributed by atoms with Crippen molar-refractivity contribution in [1.29, 1.82) is 0 Å². The molecule has 2 fully saturated rings. The lowest BCUT2D eigenvalue weighted by atomic mass is 9.95. The monoisotopic (exact) mass is 196 g/mol. The van der Waals surface area contributed by atoms with Gasteiger partial charge in [0.1, 0.15) is 0 Å². The molecule has 0 amide bonds. The Morgan fingerprint density at radius 2 is 1.29 bits per heavy atom. The van der Waals surface area contributed by atoms with Crippen LogP contribution in [0, 0.1) is 0 Å². The molecule has 0 aromatic heterocycles. The van der Waals surface area contributed by atoms with E-state index in [2.05, 4.69) is 10.6 Å². The van der Waals surface area contributed by atoms with Crippen LogP contribution in [-0.4, -0.2) is 25.2 Å². The molecule has 0 bridgehead atoms. The van der Waals surface area contributed by atoms with Crippen molar-refractivity contribution in [2.45, 2.75) is 63.5 Å². The maximum absolute atomic E-state index is 3.68. The van der Waals surface area contributed by atoms with Gasteiger partial charge in [-0.25, -0.2) is 0 Å². The number of nitrogens with one attached hydrogen (secondary N) is 2. The van der Waals surface area contributed by atoms with Crippen molar-refractivity contribution < 1.29 is 0 Å². The van der Waals surface area contributed by atoms with Crippen molar-refractivity contribution in [2.75, 3.05) is 13.1 Å². The summed E-state index contributed by atoms with van der Waals surface area (Å²) in [5, 5.41) is 7.23. The van der Waals surface area contributed by atoms with Gasteiger partial charge in [-0.15, -0.1) is 0 Å². The molecule has 0 unspecified atom stereocenters. The van der Waals surface area contributed by atoms with Gasteiger partial charge in [0.25, 0.3) is 0 Å². The van der Waals surface area contributed by atoms with Crippen LogP contribution in [0.15, 0.2) is 0 Å². The fraction of sp³-hybridized carbons (Fsp3) is 1.00. The molecule has 2 rings (SSSR count). The molecule has 0 aromatic rings. The molecule has 2 aliphatic carbocycles. The Morgan fingerprint density at radius 3 is 1.86 bits per heavy atom. The Kier molecular flexibility index (Phi) is 4.26. The minimum atomic E-state index is 0.838. The van der Waals surface area contributed by atoms with Gasteiger partial charge in [0.2, 0.25) is 0 Å². The fourth-order valence-electron chi connectivity index (χ4n) is 2.29. The van der Waals surface area contributed by atoms with Gasteiger partial charge in [-0.05, 0) is 45.2 Å². The van der Waals surface area contributed by atoms with Crippen molar-refractivity contribution in [3.8, 4) is 0 Å². The molecule has 0 atom stereocenters. The van der Waals surface area contributed by atoms with E-state index in [1.807, 2.05) is 0 Å². The molecule has 2 N–H and O–H groups in total. The highest BCUT2D eigenvalue weighted by Gasteiger charge is 2.19. The summed E-state index contributed by atoms with van der Waals surface area (Å²) in [4.78, 5) is 0. The van der Waals surface area contributed by atoms with E-state index >= 15 is 0 Å². The first kappa shape index (κ1) is 10.4. The lowest BCUT2D eigenvalue weighted by Gasteiger charge is -2.22. The van der Waals surface area contributed by atoms with E-state index in [0.717, 1.165) is 12.1 Å². The zero-order valence-corrected chi connectivity index (χ0v) is 9.23. The zero-order valence-electron chi connectivity index (χ0n) is 9.23. The highest BCUT2D eigenvalue weighted by molar-refractivity contribution is 4.80. The molecule has 2 heteroatoms. The van der Waals surface area contributed by atoms with Crippen molar-refractivity contribution in [2.24, 2.45) is 0 Å². The maximum Gasteiger partial charge on any atom is 0.00682 e. The van der Waals surface area contributed by atoms with Crippen molar-refractivity contribution in [1.82, 2.24) is 10.6 Å². The third-order valence-corrected chi connectivity index (χ3v) is 3.40. The van der Waals surface area contributed by atoms with Crippen molar-refractivity contribution >= 4 is 0 Å². The second kappa shape index (κ2) is 5.72. The van der Waals surface area contributed by atoms with Crippen LogP contribution in [0.25, 0.3) is 0 Å². The van der Waals surface area contributed by atoms with E-state index in [0.29, 0.717) is 0 Å². The summed E-state index contributed by atoms with van der Waals surface area (Å²) in [6.07, 6.45) is 11.3. The Hall–Kier alpha value is -0.0800. The molecule has 2 nitrogen and oxygen atoms in total. The lowest BCUT2D eigenvalue weighted by molar-refractivity contribution is 0.371. The SMILES string of the molecule is C1CCC(NCCCNC2CC2)CC1. The standard InChI is InChI=1S/C12H24N2/c1-2-5-11(6-3-1)13-9-4-10-14-12-7-8-12/h11-14H,1-10H2. The van der Waals surface area contributed by atoms with E-state index in [1.165, 1.54) is 64.5 Å². The lowest BCUT2D eigenvalue weighted by Crippen LogP contribution is -2.33. The minimum absolute atomic E-state index is 0.838. The molecule has 82 valence electrons. The van der Waals surface area contributed by atoms with Crippen LogP contribution in [0.2, 0.25) is 0 Å². The molecule has 14 heavy (non-hydrogen) atoms. The van der Waals surface area contributed by atoms with Crippen molar-refractivity contribution in [3.63, 3.8) is 0 Å². The van der Waals surface area contributed by atoms with Crippen molar-refractivity contribution in [3.05, 3.63) is 0 Å². The molecule has 0 heterocycles. The highest BCUT2D eigenvalue weighted by atomic mass is 15.0. The van der Waals surface area contributed by atoms with Gasteiger partial charge in [-0.3, -0.25) is 0 Å². The van der Waals surface area contributed by atoms with Crippen LogP contribution in [0.4, 0.5) is 0 Å². The van der Waals surface area contributed by atoms with Crippen LogP contribution in [-0.2, 0) is 0 Å². The summed E-state index contributed by atoms with van der Waals surface area (Å²) >= 11 is 0. The first-order valence-corrected chi connectivity index (χ1v) is 6.42.